The summed E-state index contributed by atoms with van der Waals surface area (Å²) in [6.07, 6.45) is 1.97. The smallest absolute Gasteiger partial charge is 0.317 e. The minimum absolute atomic E-state index is 0.156. The lowest BCUT2D eigenvalue weighted by Crippen LogP contribution is -2.56. The van der Waals surface area contributed by atoms with Crippen LogP contribution in [0.5, 0.6) is 0 Å². The van der Waals surface area contributed by atoms with Crippen LogP contribution < -0.4 is 5.32 Å². The highest BCUT2D eigenvalue weighted by atomic mass is 32.2. The van der Waals surface area contributed by atoms with Crippen molar-refractivity contribution in [3.05, 3.63) is 0 Å². The maximum Gasteiger partial charge on any atom is 0.317 e. The molecule has 80 valence electrons. The van der Waals surface area contributed by atoms with E-state index in [1.165, 1.54) is 4.90 Å². The Morgan fingerprint density at radius 3 is 2.71 bits per heavy atom. The van der Waals surface area contributed by atoms with E-state index in [9.17, 15) is 9.59 Å². The van der Waals surface area contributed by atoms with E-state index in [0.29, 0.717) is 19.6 Å². The van der Waals surface area contributed by atoms with E-state index < -0.39 is 5.97 Å². The molecular formula is C8H14N2O3S. The van der Waals surface area contributed by atoms with Gasteiger partial charge in [0, 0.05) is 25.4 Å². The van der Waals surface area contributed by atoms with Crippen molar-refractivity contribution < 1.29 is 14.7 Å². The van der Waals surface area contributed by atoms with E-state index in [0.717, 1.165) is 5.75 Å². The van der Waals surface area contributed by atoms with Gasteiger partial charge in [-0.15, -0.1) is 0 Å². The second-order valence-electron chi connectivity index (χ2n) is 3.16. The summed E-state index contributed by atoms with van der Waals surface area (Å²) in [4.78, 5) is 23.2. The minimum Gasteiger partial charge on any atom is -0.481 e. The van der Waals surface area contributed by atoms with Crippen LogP contribution in [0.4, 0.5) is 4.79 Å². The second kappa shape index (κ2) is 5.09. The summed E-state index contributed by atoms with van der Waals surface area (Å²) >= 11 is 1.66. The normalized spacial score (nSPS) is 16.2. The quantitative estimate of drug-likeness (QED) is 0.655. The number of carbonyl (C=O) groups excluding carboxylic acids is 1. The molecule has 0 radical (unpaired) electrons. The van der Waals surface area contributed by atoms with Crippen molar-refractivity contribution in [3.63, 3.8) is 0 Å². The Labute approximate surface area is 86.8 Å². The van der Waals surface area contributed by atoms with Gasteiger partial charge in [0.05, 0.1) is 5.92 Å². The SMILES string of the molecule is CSCCNC(=O)N1CC(C(=O)O)C1. The zero-order valence-corrected chi connectivity index (χ0v) is 8.84. The molecule has 5 nitrogen and oxygen atoms in total. The van der Waals surface area contributed by atoms with Crippen LogP contribution in [0.1, 0.15) is 0 Å². The lowest BCUT2D eigenvalue weighted by Gasteiger charge is -2.36. The molecular weight excluding hydrogens is 204 g/mol. The number of aliphatic carboxylic acids is 1. The fraction of sp³-hybridized carbons (Fsp3) is 0.750. The molecule has 0 bridgehead atoms. The molecule has 0 aromatic heterocycles. The topological polar surface area (TPSA) is 69.6 Å². The maximum absolute atomic E-state index is 11.3. The molecule has 2 amide bonds. The third-order valence-electron chi connectivity index (χ3n) is 2.10. The number of nitrogens with zero attached hydrogens (tertiary/aromatic N) is 1. The first-order valence-electron chi connectivity index (χ1n) is 4.39. The number of hydrogen-bond donors (Lipinski definition) is 2. The molecule has 6 heteroatoms. The first kappa shape index (κ1) is 11.2. The monoisotopic (exact) mass is 218 g/mol. The zero-order chi connectivity index (χ0) is 10.6. The molecule has 2 N–H and O–H groups in total. The fourth-order valence-electron chi connectivity index (χ4n) is 1.17. The lowest BCUT2D eigenvalue weighted by molar-refractivity contribution is -0.146. The van der Waals surface area contributed by atoms with Crippen molar-refractivity contribution in [1.29, 1.82) is 0 Å². The number of amides is 2. The van der Waals surface area contributed by atoms with Gasteiger partial charge in [-0.05, 0) is 6.26 Å². The first-order chi connectivity index (χ1) is 6.65. The maximum atomic E-state index is 11.3. The summed E-state index contributed by atoms with van der Waals surface area (Å²) in [6.45, 7) is 1.30. The average molecular weight is 218 g/mol. The van der Waals surface area contributed by atoms with Crippen molar-refractivity contribution in [2.75, 3.05) is 31.6 Å². The number of nitrogens with one attached hydrogen (secondary N) is 1. The third kappa shape index (κ3) is 2.80. The summed E-state index contributed by atoms with van der Waals surface area (Å²) in [5, 5.41) is 11.3. The third-order valence-corrected chi connectivity index (χ3v) is 2.71. The molecule has 1 rings (SSSR count). The number of rotatable bonds is 4. The van der Waals surface area contributed by atoms with Crippen LogP contribution >= 0.6 is 11.8 Å². The number of likely N-dealkylation sites (tertiary alicyclic amines) is 1. The van der Waals surface area contributed by atoms with E-state index >= 15 is 0 Å². The highest BCUT2D eigenvalue weighted by molar-refractivity contribution is 7.98. The van der Waals surface area contributed by atoms with Crippen LogP contribution in [0.3, 0.4) is 0 Å². The Bertz CT molecular complexity index is 229. The van der Waals surface area contributed by atoms with Crippen LogP contribution in [0, 0.1) is 5.92 Å². The molecule has 14 heavy (non-hydrogen) atoms. The van der Waals surface area contributed by atoms with Gasteiger partial charge < -0.3 is 15.3 Å². The average Bonchev–Trinajstić information content (AvgIpc) is 2.01. The van der Waals surface area contributed by atoms with Crippen LogP contribution in [-0.4, -0.2) is 53.6 Å². The van der Waals surface area contributed by atoms with Crippen molar-refractivity contribution >= 4 is 23.8 Å². The van der Waals surface area contributed by atoms with Crippen LogP contribution in [0.15, 0.2) is 0 Å². The van der Waals surface area contributed by atoms with E-state index in [2.05, 4.69) is 5.32 Å². The van der Waals surface area contributed by atoms with Gasteiger partial charge >= 0.3 is 12.0 Å². The molecule has 1 saturated heterocycles. The van der Waals surface area contributed by atoms with Crippen LogP contribution in [-0.2, 0) is 4.79 Å². The van der Waals surface area contributed by atoms with Crippen molar-refractivity contribution in [1.82, 2.24) is 10.2 Å². The highest BCUT2D eigenvalue weighted by Gasteiger charge is 2.35. The molecule has 0 aliphatic carbocycles. The summed E-state index contributed by atoms with van der Waals surface area (Å²) < 4.78 is 0. The summed E-state index contributed by atoms with van der Waals surface area (Å²) in [7, 11) is 0. The number of hydrogen-bond acceptors (Lipinski definition) is 3. The minimum atomic E-state index is -0.821. The van der Waals surface area contributed by atoms with Gasteiger partial charge in [0.2, 0.25) is 0 Å². The Morgan fingerprint density at radius 1 is 1.57 bits per heavy atom. The summed E-state index contributed by atoms with van der Waals surface area (Å²) in [5.41, 5.74) is 0. The van der Waals surface area contributed by atoms with Gasteiger partial charge in [-0.1, -0.05) is 0 Å². The highest BCUT2D eigenvalue weighted by Crippen LogP contribution is 2.14. The van der Waals surface area contributed by atoms with Gasteiger partial charge in [-0.25, -0.2) is 4.79 Å². The Hall–Kier alpha value is -0.910. The molecule has 1 fully saturated rings. The van der Waals surface area contributed by atoms with E-state index in [-0.39, 0.29) is 11.9 Å². The predicted molar refractivity (Wildman–Crippen MR) is 54.5 cm³/mol. The molecule has 0 saturated carbocycles. The molecule has 0 spiro atoms. The van der Waals surface area contributed by atoms with E-state index in [4.69, 9.17) is 5.11 Å². The number of carboxylic acid groups (broad SMARTS) is 1. The molecule has 1 aliphatic heterocycles. The standard InChI is InChI=1S/C8H14N2O3S/c1-14-3-2-9-8(13)10-4-6(5-10)7(11)12/h6H,2-5H2,1H3,(H,9,13)(H,11,12). The Morgan fingerprint density at radius 2 is 2.21 bits per heavy atom. The van der Waals surface area contributed by atoms with Crippen molar-refractivity contribution in [2.45, 2.75) is 0 Å². The molecule has 1 aliphatic rings. The first-order valence-corrected chi connectivity index (χ1v) is 5.79. The number of thioether (sulfide) groups is 1. The van der Waals surface area contributed by atoms with Crippen molar-refractivity contribution in [3.8, 4) is 0 Å². The van der Waals surface area contributed by atoms with Crippen LogP contribution in [0.25, 0.3) is 0 Å². The second-order valence-corrected chi connectivity index (χ2v) is 4.15. The van der Waals surface area contributed by atoms with Gasteiger partial charge in [-0.3, -0.25) is 4.79 Å². The zero-order valence-electron chi connectivity index (χ0n) is 8.02. The summed E-state index contributed by atoms with van der Waals surface area (Å²) in [5.74, 6) is -0.318. The van der Waals surface area contributed by atoms with E-state index in [1.54, 1.807) is 11.8 Å². The molecule has 0 atom stereocenters. The molecule has 1 heterocycles. The lowest BCUT2D eigenvalue weighted by atomic mass is 10.0. The van der Waals surface area contributed by atoms with Crippen molar-refractivity contribution in [2.24, 2.45) is 5.92 Å². The largest absolute Gasteiger partial charge is 0.481 e. The molecule has 0 aromatic carbocycles. The van der Waals surface area contributed by atoms with Crippen LogP contribution in [0.2, 0.25) is 0 Å². The fourth-order valence-corrected chi connectivity index (χ4v) is 1.48. The predicted octanol–water partition coefficient (Wildman–Crippen LogP) is 0.0754. The number of carboxylic acids is 1. The van der Waals surface area contributed by atoms with Gasteiger partial charge in [0.1, 0.15) is 0 Å². The Balaban J connectivity index is 2.13. The van der Waals surface area contributed by atoms with Gasteiger partial charge in [0.15, 0.2) is 0 Å². The van der Waals surface area contributed by atoms with E-state index in [1.807, 2.05) is 6.26 Å². The molecule has 0 aromatic rings. The van der Waals surface area contributed by atoms with Gasteiger partial charge in [-0.2, -0.15) is 11.8 Å². The number of carbonyl (C=O) groups is 2. The van der Waals surface area contributed by atoms with Gasteiger partial charge in [0.25, 0.3) is 0 Å². The number of urea groups is 1. The Kier molecular flexibility index (Phi) is 4.06. The summed E-state index contributed by atoms with van der Waals surface area (Å²) in [6, 6.07) is -0.156. The molecule has 0 unspecified atom stereocenters.